The Kier molecular flexibility index (Phi) is 3.23. The molecule has 3 aliphatic rings. The zero-order chi connectivity index (χ0) is 15.8. The van der Waals surface area contributed by atoms with Crippen molar-refractivity contribution in [2.45, 2.75) is 43.2 Å². The van der Waals surface area contributed by atoms with E-state index in [-0.39, 0.29) is 0 Å². The molecule has 0 bridgehead atoms. The van der Waals surface area contributed by atoms with Gasteiger partial charge in [-0.15, -0.1) is 0 Å². The van der Waals surface area contributed by atoms with Gasteiger partial charge in [-0.1, -0.05) is 0 Å². The summed E-state index contributed by atoms with van der Waals surface area (Å²) >= 11 is -2.29. The van der Waals surface area contributed by atoms with Gasteiger partial charge >= 0.3 is 140 Å². The van der Waals surface area contributed by atoms with Gasteiger partial charge in [-0.25, -0.2) is 0 Å². The van der Waals surface area contributed by atoms with E-state index < -0.39 is 28.0 Å². The zero-order valence-electron chi connectivity index (χ0n) is 14.4. The standard InChI is InChI=1S/C9H7.C6H7.C4H12Si2.Zr/c1-2-5-9-7-3-6-8(9)4-1;1-6-4-2-3-5-6;1-5(2)6(3)4;/h1-7H;4-5H,2H2,1H3;1-4H3;. The molecular formula is C19H26Si2Zr. The number of fused-ring (bicyclic) bond motifs is 1. The molecular weight excluding hydrogens is 376 g/mol. The number of rotatable bonds is 2. The molecule has 2 aliphatic carbocycles. The number of allylic oxidation sites excluding steroid dienone is 5. The predicted molar refractivity (Wildman–Crippen MR) is 99.6 cm³/mol. The topological polar surface area (TPSA) is 0 Å². The molecule has 22 heavy (non-hydrogen) atoms. The van der Waals surface area contributed by atoms with Gasteiger partial charge in [0.15, 0.2) is 0 Å². The van der Waals surface area contributed by atoms with Crippen molar-refractivity contribution in [3.05, 3.63) is 62.5 Å². The summed E-state index contributed by atoms with van der Waals surface area (Å²) in [4.78, 5) is 0. The minimum absolute atomic E-state index is 0.847. The van der Waals surface area contributed by atoms with Gasteiger partial charge < -0.3 is 0 Å². The summed E-state index contributed by atoms with van der Waals surface area (Å²) in [6.45, 7) is 13.4. The van der Waals surface area contributed by atoms with E-state index in [9.17, 15) is 0 Å². The van der Waals surface area contributed by atoms with Crippen LogP contribution in [0.1, 0.15) is 28.1 Å². The first kappa shape index (κ1) is 15.3. The molecule has 1 aliphatic heterocycles. The van der Waals surface area contributed by atoms with Crippen molar-refractivity contribution in [2.24, 2.45) is 0 Å². The molecule has 1 aromatic carbocycles. The fraction of sp³-hybridized carbons (Fsp3) is 0.368. The third kappa shape index (κ3) is 1.61. The van der Waals surface area contributed by atoms with Crippen molar-refractivity contribution in [1.82, 2.24) is 0 Å². The molecule has 1 atom stereocenters. The molecule has 1 heterocycles. The number of benzene rings is 1. The molecule has 1 aromatic rings. The Bertz CT molecular complexity index is 738. The van der Waals surface area contributed by atoms with E-state index in [0.29, 0.717) is 0 Å². The molecule has 0 amide bonds. The summed E-state index contributed by atoms with van der Waals surface area (Å²) in [5.41, 5.74) is 4.72. The van der Waals surface area contributed by atoms with Gasteiger partial charge in [0.1, 0.15) is 0 Å². The van der Waals surface area contributed by atoms with Crippen molar-refractivity contribution in [2.75, 3.05) is 0 Å². The van der Waals surface area contributed by atoms with Gasteiger partial charge in [0.25, 0.3) is 0 Å². The Morgan fingerprint density at radius 3 is 2.32 bits per heavy atom. The summed E-state index contributed by atoms with van der Waals surface area (Å²) in [5, 5.41) is 0. The fourth-order valence-electron chi connectivity index (χ4n) is 5.70. The van der Waals surface area contributed by atoms with Gasteiger partial charge in [-0.3, -0.25) is 0 Å². The summed E-state index contributed by atoms with van der Waals surface area (Å²) in [6, 6.07) is 9.22. The molecule has 4 rings (SSSR count). The van der Waals surface area contributed by atoms with Crippen molar-refractivity contribution in [3.8, 4) is 0 Å². The number of hydrogen-bond donors (Lipinski definition) is 0. The minimum atomic E-state index is -2.29. The first-order chi connectivity index (χ1) is 10.3. The molecule has 1 fully saturated rings. The van der Waals surface area contributed by atoms with Crippen molar-refractivity contribution >= 4 is 15.5 Å². The summed E-state index contributed by atoms with van der Waals surface area (Å²) < 4.78 is 0.824. The Balaban J connectivity index is 1.90. The average molecular weight is 402 g/mol. The Morgan fingerprint density at radius 1 is 1.05 bits per heavy atom. The van der Waals surface area contributed by atoms with Crippen LogP contribution in [0.25, 0.3) is 6.08 Å². The van der Waals surface area contributed by atoms with Crippen LogP contribution in [0.3, 0.4) is 0 Å². The Morgan fingerprint density at radius 2 is 1.73 bits per heavy atom. The summed E-state index contributed by atoms with van der Waals surface area (Å²) in [6.07, 6.45) is 11.5. The maximum absolute atomic E-state index is 2.76. The molecule has 0 N–H and O–H groups in total. The molecule has 0 spiro atoms. The second-order valence-corrected chi connectivity index (χ2v) is 67.5. The summed E-state index contributed by atoms with van der Waals surface area (Å²) in [5.74, 6) is 0. The fourth-order valence-corrected chi connectivity index (χ4v) is 169. The van der Waals surface area contributed by atoms with Crippen LogP contribution >= 0.6 is 0 Å². The SMILES string of the molecule is CC1=CC[C]([Zr]2([CH]3C=Cc4ccccc43)[Si](C)(C)[Si]2(C)C)=C1. The molecule has 114 valence electrons. The van der Waals surface area contributed by atoms with Crippen LogP contribution < -0.4 is 0 Å². The monoisotopic (exact) mass is 400 g/mol. The van der Waals surface area contributed by atoms with E-state index in [1.54, 1.807) is 5.56 Å². The molecule has 0 radical (unpaired) electrons. The first-order valence-electron chi connectivity index (χ1n) is 8.49. The second-order valence-electron chi connectivity index (χ2n) is 8.35. The van der Waals surface area contributed by atoms with Crippen LogP contribution in [0.4, 0.5) is 0 Å². The molecule has 1 unspecified atom stereocenters. The second kappa shape index (κ2) is 4.65. The van der Waals surface area contributed by atoms with E-state index >= 15 is 0 Å². The van der Waals surface area contributed by atoms with Gasteiger partial charge in [0.05, 0.1) is 0 Å². The van der Waals surface area contributed by atoms with Gasteiger partial charge in [0.2, 0.25) is 0 Å². The summed E-state index contributed by atoms with van der Waals surface area (Å²) in [7, 11) is 0. The maximum atomic E-state index is 2.76. The van der Waals surface area contributed by atoms with Crippen LogP contribution in [0, 0.1) is 0 Å². The van der Waals surface area contributed by atoms with Crippen molar-refractivity contribution < 1.29 is 18.6 Å². The third-order valence-corrected chi connectivity index (χ3v) is 121. The van der Waals surface area contributed by atoms with Crippen molar-refractivity contribution in [3.63, 3.8) is 0 Å². The van der Waals surface area contributed by atoms with Crippen LogP contribution in [0.5, 0.6) is 0 Å². The van der Waals surface area contributed by atoms with E-state index in [0.717, 1.165) is 3.63 Å². The third-order valence-electron chi connectivity index (χ3n) is 7.29. The van der Waals surface area contributed by atoms with E-state index in [1.165, 1.54) is 17.6 Å². The van der Waals surface area contributed by atoms with E-state index in [2.05, 4.69) is 81.7 Å². The first-order valence-corrected chi connectivity index (χ1v) is 25.5. The van der Waals surface area contributed by atoms with E-state index in [4.69, 9.17) is 0 Å². The average Bonchev–Trinajstić information content (AvgIpc) is 2.94. The molecule has 0 aromatic heterocycles. The van der Waals surface area contributed by atoms with Crippen LogP contribution in [0.15, 0.2) is 51.3 Å². The molecule has 3 heteroatoms. The van der Waals surface area contributed by atoms with Crippen LogP contribution in [-0.2, 0) is 18.6 Å². The molecule has 1 saturated heterocycles. The Hall–Kier alpha value is -0.243. The molecule has 0 nitrogen and oxygen atoms in total. The quantitative estimate of drug-likeness (QED) is 0.562. The zero-order valence-corrected chi connectivity index (χ0v) is 18.9. The van der Waals surface area contributed by atoms with Crippen molar-refractivity contribution in [1.29, 1.82) is 0 Å². The normalized spacial score (nSPS) is 29.0. The van der Waals surface area contributed by atoms with E-state index in [1.807, 2.05) is 3.28 Å². The number of hydrogen-bond acceptors (Lipinski definition) is 0. The van der Waals surface area contributed by atoms with Crippen LogP contribution in [-0.4, -0.2) is 9.44 Å². The van der Waals surface area contributed by atoms with Gasteiger partial charge in [0, 0.05) is 0 Å². The Labute approximate surface area is 139 Å². The predicted octanol–water partition coefficient (Wildman–Crippen LogP) is 5.64. The van der Waals surface area contributed by atoms with Gasteiger partial charge in [-0.2, -0.15) is 0 Å². The van der Waals surface area contributed by atoms with Gasteiger partial charge in [-0.05, 0) is 0 Å². The van der Waals surface area contributed by atoms with Crippen LogP contribution in [0.2, 0.25) is 26.2 Å². The molecule has 0 saturated carbocycles.